The molecular weight excluding hydrogens is 174 g/mol. The highest BCUT2D eigenvalue weighted by atomic mass is 32.2. The number of amides is 1. The van der Waals surface area contributed by atoms with Crippen LogP contribution in [0, 0.1) is 0 Å². The van der Waals surface area contributed by atoms with Crippen LogP contribution in [0.5, 0.6) is 0 Å². The van der Waals surface area contributed by atoms with Gasteiger partial charge in [-0.05, 0) is 0 Å². The summed E-state index contributed by atoms with van der Waals surface area (Å²) in [4.78, 5) is 11.8. The van der Waals surface area contributed by atoms with Crippen LogP contribution in [-0.2, 0) is 20.3 Å². The molecule has 6 nitrogen and oxygen atoms in total. The third kappa shape index (κ3) is 2.45. The second-order valence-corrected chi connectivity index (χ2v) is 2.51. The van der Waals surface area contributed by atoms with E-state index in [4.69, 9.17) is 4.55 Å². The lowest BCUT2D eigenvalue weighted by Gasteiger charge is -2.09. The van der Waals surface area contributed by atoms with Gasteiger partial charge in [0.25, 0.3) is 0 Å². The molecule has 1 heterocycles. The van der Waals surface area contributed by atoms with Gasteiger partial charge >= 0.3 is 17.5 Å². The third-order valence-electron chi connectivity index (χ3n) is 1.15. The second-order valence-electron chi connectivity index (χ2n) is 1.84. The molecule has 1 rings (SSSR count). The standard InChI is InChI=1S/C4H7NO5S/c6-4-5(1-2-9-4)3-10-11(7)8/h1-3H2,(H,7,8). The van der Waals surface area contributed by atoms with Crippen molar-refractivity contribution >= 4 is 17.5 Å². The SMILES string of the molecule is O=C1OCCN1COS(=O)O. The quantitative estimate of drug-likeness (QED) is 0.597. The Morgan fingerprint density at radius 3 is 3.00 bits per heavy atom. The summed E-state index contributed by atoms with van der Waals surface area (Å²) in [5.74, 6) is 0. The van der Waals surface area contributed by atoms with Gasteiger partial charge in [0, 0.05) is 0 Å². The van der Waals surface area contributed by atoms with Crippen molar-refractivity contribution in [1.29, 1.82) is 0 Å². The normalized spacial score (nSPS) is 20.1. The summed E-state index contributed by atoms with van der Waals surface area (Å²) in [6.45, 7) is 0.498. The molecule has 1 fully saturated rings. The van der Waals surface area contributed by atoms with Crippen molar-refractivity contribution in [3.63, 3.8) is 0 Å². The largest absolute Gasteiger partial charge is 0.447 e. The van der Waals surface area contributed by atoms with E-state index in [1.807, 2.05) is 0 Å². The van der Waals surface area contributed by atoms with Crippen molar-refractivity contribution in [2.24, 2.45) is 0 Å². The lowest BCUT2D eigenvalue weighted by atomic mass is 10.7. The number of hydrogen-bond donors (Lipinski definition) is 1. The van der Waals surface area contributed by atoms with Gasteiger partial charge in [-0.25, -0.2) is 8.98 Å². The lowest BCUT2D eigenvalue weighted by molar-refractivity contribution is 0.130. The second kappa shape index (κ2) is 3.65. The van der Waals surface area contributed by atoms with E-state index in [2.05, 4.69) is 8.92 Å². The van der Waals surface area contributed by atoms with Gasteiger partial charge in [0.1, 0.15) is 13.3 Å². The Hall–Kier alpha value is -0.660. The maximum atomic E-state index is 10.6. The molecule has 1 atom stereocenters. The van der Waals surface area contributed by atoms with E-state index in [1.165, 1.54) is 4.90 Å². The minimum Gasteiger partial charge on any atom is -0.447 e. The van der Waals surface area contributed by atoms with Gasteiger partial charge in [-0.1, -0.05) is 0 Å². The minimum atomic E-state index is -2.33. The molecule has 64 valence electrons. The number of rotatable bonds is 3. The van der Waals surface area contributed by atoms with Crippen molar-refractivity contribution in [2.75, 3.05) is 19.9 Å². The lowest BCUT2D eigenvalue weighted by Crippen LogP contribution is -2.27. The number of nitrogens with zero attached hydrogens (tertiary/aromatic N) is 1. The van der Waals surface area contributed by atoms with Crippen LogP contribution in [-0.4, -0.2) is 39.6 Å². The number of cyclic esters (lactones) is 1. The van der Waals surface area contributed by atoms with Gasteiger partial charge in [-0.2, -0.15) is 4.21 Å². The Morgan fingerprint density at radius 2 is 2.55 bits per heavy atom. The third-order valence-corrected chi connectivity index (χ3v) is 1.46. The highest BCUT2D eigenvalue weighted by Crippen LogP contribution is 2.02. The molecule has 11 heavy (non-hydrogen) atoms. The van der Waals surface area contributed by atoms with Gasteiger partial charge < -0.3 is 4.74 Å². The van der Waals surface area contributed by atoms with Crippen LogP contribution in [0.4, 0.5) is 4.79 Å². The van der Waals surface area contributed by atoms with E-state index in [1.54, 1.807) is 0 Å². The topological polar surface area (TPSA) is 76.1 Å². The van der Waals surface area contributed by atoms with Crippen molar-refractivity contribution in [3.8, 4) is 0 Å². The number of ether oxygens (including phenoxy) is 1. The van der Waals surface area contributed by atoms with Crippen molar-refractivity contribution in [1.82, 2.24) is 4.90 Å². The monoisotopic (exact) mass is 181 g/mol. The first-order chi connectivity index (χ1) is 5.20. The Morgan fingerprint density at radius 1 is 1.82 bits per heavy atom. The van der Waals surface area contributed by atoms with Crippen LogP contribution < -0.4 is 0 Å². The summed E-state index contributed by atoms with van der Waals surface area (Å²) in [5, 5.41) is 0. The zero-order valence-electron chi connectivity index (χ0n) is 5.56. The van der Waals surface area contributed by atoms with Crippen LogP contribution in [0.25, 0.3) is 0 Å². The van der Waals surface area contributed by atoms with E-state index >= 15 is 0 Å². The molecule has 7 heteroatoms. The first kappa shape index (κ1) is 8.44. The fourth-order valence-corrected chi connectivity index (χ4v) is 0.869. The number of carbonyl (C=O) groups excluding carboxylic acids is 1. The van der Waals surface area contributed by atoms with E-state index < -0.39 is 17.5 Å². The smallest absolute Gasteiger partial charge is 0.411 e. The van der Waals surface area contributed by atoms with Crippen LogP contribution in [0.15, 0.2) is 0 Å². The molecule has 1 aliphatic rings. The Kier molecular flexibility index (Phi) is 2.80. The molecule has 0 radical (unpaired) electrons. The van der Waals surface area contributed by atoms with Crippen molar-refractivity contribution in [3.05, 3.63) is 0 Å². The van der Waals surface area contributed by atoms with Gasteiger partial charge in [0.2, 0.25) is 0 Å². The fourth-order valence-electron chi connectivity index (χ4n) is 0.652. The number of carbonyl (C=O) groups is 1. The van der Waals surface area contributed by atoms with Gasteiger partial charge in [0.05, 0.1) is 6.54 Å². The summed E-state index contributed by atoms with van der Waals surface area (Å²) in [6, 6.07) is 0. The molecule has 1 N–H and O–H groups in total. The van der Waals surface area contributed by atoms with Crippen LogP contribution in [0.1, 0.15) is 0 Å². The Labute approximate surface area is 65.6 Å². The van der Waals surface area contributed by atoms with Crippen molar-refractivity contribution in [2.45, 2.75) is 0 Å². The van der Waals surface area contributed by atoms with Gasteiger partial charge in [-0.3, -0.25) is 9.45 Å². The zero-order valence-corrected chi connectivity index (χ0v) is 6.37. The molecule has 1 amide bonds. The molecular formula is C4H7NO5S. The molecule has 0 spiro atoms. The Bertz CT molecular complexity index is 183. The zero-order chi connectivity index (χ0) is 8.27. The molecule has 0 aliphatic carbocycles. The number of hydrogen-bond acceptors (Lipinski definition) is 4. The Balaban J connectivity index is 2.26. The maximum Gasteiger partial charge on any atom is 0.411 e. The average Bonchev–Trinajstić information content (AvgIpc) is 2.31. The summed E-state index contributed by atoms with van der Waals surface area (Å²) < 4.78 is 26.9. The molecule has 0 aromatic heterocycles. The summed E-state index contributed by atoms with van der Waals surface area (Å²) in [5.41, 5.74) is 0. The van der Waals surface area contributed by atoms with E-state index in [0.29, 0.717) is 13.2 Å². The highest BCUT2D eigenvalue weighted by molar-refractivity contribution is 7.74. The molecule has 0 saturated carbocycles. The first-order valence-electron chi connectivity index (χ1n) is 2.86. The van der Waals surface area contributed by atoms with Gasteiger partial charge in [-0.15, -0.1) is 0 Å². The molecule has 1 aliphatic heterocycles. The van der Waals surface area contributed by atoms with Crippen LogP contribution in [0.3, 0.4) is 0 Å². The van der Waals surface area contributed by atoms with Crippen molar-refractivity contribution < 1.29 is 22.5 Å². The van der Waals surface area contributed by atoms with Gasteiger partial charge in [0.15, 0.2) is 0 Å². The fraction of sp³-hybridized carbons (Fsp3) is 0.750. The highest BCUT2D eigenvalue weighted by Gasteiger charge is 2.22. The van der Waals surface area contributed by atoms with E-state index in [-0.39, 0.29) is 6.73 Å². The first-order valence-corrected chi connectivity index (χ1v) is 3.89. The predicted octanol–water partition coefficient (Wildman–Crippen LogP) is -0.451. The van der Waals surface area contributed by atoms with E-state index in [9.17, 15) is 9.00 Å². The molecule has 1 unspecified atom stereocenters. The van der Waals surface area contributed by atoms with Crippen LogP contribution in [0.2, 0.25) is 0 Å². The van der Waals surface area contributed by atoms with E-state index in [0.717, 1.165) is 0 Å². The summed E-state index contributed by atoms with van der Waals surface area (Å²) in [6.07, 6.45) is -0.518. The molecule has 0 aromatic rings. The molecule has 0 aromatic carbocycles. The maximum absolute atomic E-state index is 10.6. The predicted molar refractivity (Wildman–Crippen MR) is 34.8 cm³/mol. The van der Waals surface area contributed by atoms with Crippen LogP contribution >= 0.6 is 0 Å². The molecule has 0 bridgehead atoms. The summed E-state index contributed by atoms with van der Waals surface area (Å²) in [7, 11) is 0. The molecule has 1 saturated heterocycles. The average molecular weight is 181 g/mol. The minimum absolute atomic E-state index is 0.206. The summed E-state index contributed by atoms with van der Waals surface area (Å²) >= 11 is -2.33.